The van der Waals surface area contributed by atoms with E-state index >= 15 is 0 Å². The highest BCUT2D eigenvalue weighted by atomic mass is 35.5. The van der Waals surface area contributed by atoms with Crippen molar-refractivity contribution in [2.24, 2.45) is 0 Å². The first-order valence-corrected chi connectivity index (χ1v) is 6.05. The van der Waals surface area contributed by atoms with E-state index in [9.17, 15) is 9.90 Å². The zero-order chi connectivity index (χ0) is 13.3. The number of H-pyrrole nitrogens is 1. The molecule has 0 saturated heterocycles. The van der Waals surface area contributed by atoms with Crippen LogP contribution in [0.4, 0.5) is 0 Å². The van der Waals surface area contributed by atoms with Crippen molar-refractivity contribution < 1.29 is 14.6 Å². The maximum absolute atomic E-state index is 11.7. The predicted molar refractivity (Wildman–Crippen MR) is 71.8 cm³/mol. The molecular formula is C12H10ClNO3S. The first-order valence-electron chi connectivity index (χ1n) is 5.26. The van der Waals surface area contributed by atoms with Gasteiger partial charge in [-0.25, -0.2) is 4.79 Å². The van der Waals surface area contributed by atoms with Crippen LogP contribution in [0.25, 0.3) is 10.9 Å². The van der Waals surface area contributed by atoms with Crippen molar-refractivity contribution in [2.45, 2.75) is 6.92 Å². The van der Waals surface area contributed by atoms with Crippen LogP contribution >= 0.6 is 23.8 Å². The Bertz CT molecular complexity index is 681. The Labute approximate surface area is 113 Å². The van der Waals surface area contributed by atoms with E-state index in [1.807, 2.05) is 0 Å². The number of carbonyl (C=O) groups is 1. The first kappa shape index (κ1) is 12.9. The molecule has 1 heterocycles. The maximum atomic E-state index is 11.7. The van der Waals surface area contributed by atoms with Gasteiger partial charge in [-0.05, 0) is 19.1 Å². The molecule has 6 heteroatoms. The van der Waals surface area contributed by atoms with Gasteiger partial charge >= 0.3 is 5.97 Å². The standard InChI is InChI=1S/C12H10ClNO3S/c1-2-17-12(16)8-10(15)6-4-3-5-7(13)9(6)14-11(8)18/h3-5H,2H2,1H3,(H2,14,15,18). The van der Waals surface area contributed by atoms with Crippen LogP contribution in [0.2, 0.25) is 5.02 Å². The van der Waals surface area contributed by atoms with E-state index in [-0.39, 0.29) is 22.6 Å². The summed E-state index contributed by atoms with van der Waals surface area (Å²) in [4.78, 5) is 14.5. The van der Waals surface area contributed by atoms with Crippen molar-refractivity contribution in [3.63, 3.8) is 0 Å². The highest BCUT2D eigenvalue weighted by Crippen LogP contribution is 2.32. The molecule has 94 valence electrons. The van der Waals surface area contributed by atoms with Crippen molar-refractivity contribution >= 4 is 40.7 Å². The summed E-state index contributed by atoms with van der Waals surface area (Å²) in [6, 6.07) is 4.99. The molecule has 0 amide bonds. The minimum Gasteiger partial charge on any atom is -0.506 e. The lowest BCUT2D eigenvalue weighted by molar-refractivity contribution is 0.0522. The normalized spacial score (nSPS) is 10.6. The second kappa shape index (κ2) is 4.96. The number of esters is 1. The number of pyridine rings is 1. The van der Waals surface area contributed by atoms with E-state index in [2.05, 4.69) is 4.98 Å². The van der Waals surface area contributed by atoms with E-state index < -0.39 is 5.97 Å². The molecule has 18 heavy (non-hydrogen) atoms. The van der Waals surface area contributed by atoms with Crippen LogP contribution in [0.15, 0.2) is 18.2 Å². The number of aromatic hydroxyl groups is 1. The molecule has 0 spiro atoms. The lowest BCUT2D eigenvalue weighted by Crippen LogP contribution is -2.07. The lowest BCUT2D eigenvalue weighted by Gasteiger charge is -2.08. The van der Waals surface area contributed by atoms with Crippen LogP contribution in [0, 0.1) is 4.64 Å². The van der Waals surface area contributed by atoms with E-state index in [0.29, 0.717) is 15.9 Å². The number of hydrogen-bond donors (Lipinski definition) is 2. The SMILES string of the molecule is CCOC(=O)c1c(O)c2cccc(Cl)c2[nH]c1=S. The summed E-state index contributed by atoms with van der Waals surface area (Å²) >= 11 is 11.0. The Hall–Kier alpha value is -1.59. The number of rotatable bonds is 2. The summed E-state index contributed by atoms with van der Waals surface area (Å²) in [5.41, 5.74) is 0.455. The van der Waals surface area contributed by atoms with Crippen LogP contribution in [0.1, 0.15) is 17.3 Å². The second-order valence-electron chi connectivity index (χ2n) is 3.56. The molecule has 0 atom stereocenters. The van der Waals surface area contributed by atoms with Crippen molar-refractivity contribution in [3.8, 4) is 5.75 Å². The number of aromatic amines is 1. The van der Waals surface area contributed by atoms with E-state index in [1.165, 1.54) is 0 Å². The largest absolute Gasteiger partial charge is 0.506 e. The van der Waals surface area contributed by atoms with Crippen LogP contribution in [-0.4, -0.2) is 22.7 Å². The second-order valence-corrected chi connectivity index (χ2v) is 4.38. The highest BCUT2D eigenvalue weighted by molar-refractivity contribution is 7.71. The Kier molecular flexibility index (Phi) is 3.54. The summed E-state index contributed by atoms with van der Waals surface area (Å²) < 4.78 is 4.95. The highest BCUT2D eigenvalue weighted by Gasteiger charge is 2.18. The molecule has 1 aromatic heterocycles. The van der Waals surface area contributed by atoms with Crippen LogP contribution in [-0.2, 0) is 4.74 Å². The number of ether oxygens (including phenoxy) is 1. The van der Waals surface area contributed by atoms with Crippen LogP contribution < -0.4 is 0 Å². The smallest absolute Gasteiger partial charge is 0.344 e. The Morgan fingerprint density at radius 2 is 2.28 bits per heavy atom. The molecule has 2 aromatic rings. The van der Waals surface area contributed by atoms with Crippen molar-refractivity contribution in [3.05, 3.63) is 33.4 Å². The summed E-state index contributed by atoms with van der Waals surface area (Å²) in [6.45, 7) is 1.89. The van der Waals surface area contributed by atoms with Crippen molar-refractivity contribution in [1.82, 2.24) is 4.98 Å². The minimum atomic E-state index is -0.655. The Balaban J connectivity index is 2.78. The van der Waals surface area contributed by atoms with Gasteiger partial charge in [0.25, 0.3) is 0 Å². The number of nitrogens with one attached hydrogen (secondary N) is 1. The fourth-order valence-corrected chi connectivity index (χ4v) is 2.16. The lowest BCUT2D eigenvalue weighted by atomic mass is 10.1. The molecule has 0 bridgehead atoms. The van der Waals surface area contributed by atoms with E-state index in [0.717, 1.165) is 0 Å². The third-order valence-electron chi connectivity index (χ3n) is 2.45. The van der Waals surface area contributed by atoms with Gasteiger partial charge in [0.05, 0.1) is 17.1 Å². The molecule has 4 nitrogen and oxygen atoms in total. The van der Waals surface area contributed by atoms with Gasteiger partial charge in [0, 0.05) is 5.39 Å². The number of para-hydroxylation sites is 1. The molecular weight excluding hydrogens is 274 g/mol. The third-order valence-corrected chi connectivity index (χ3v) is 3.07. The van der Waals surface area contributed by atoms with Gasteiger partial charge in [-0.1, -0.05) is 29.9 Å². The average molecular weight is 284 g/mol. The number of aromatic nitrogens is 1. The third kappa shape index (κ3) is 2.07. The van der Waals surface area contributed by atoms with Crippen LogP contribution in [0.3, 0.4) is 0 Å². The Morgan fingerprint density at radius 3 is 2.94 bits per heavy atom. The monoisotopic (exact) mass is 283 g/mol. The summed E-state index contributed by atoms with van der Waals surface area (Å²) in [6.07, 6.45) is 0. The van der Waals surface area contributed by atoms with Gasteiger partial charge in [0.2, 0.25) is 0 Å². The Morgan fingerprint density at radius 1 is 1.56 bits per heavy atom. The molecule has 0 radical (unpaired) electrons. The zero-order valence-electron chi connectivity index (χ0n) is 9.49. The molecule has 0 aliphatic heterocycles. The molecule has 0 unspecified atom stereocenters. The molecule has 0 saturated carbocycles. The number of benzene rings is 1. The fraction of sp³-hybridized carbons (Fsp3) is 0.167. The average Bonchev–Trinajstić information content (AvgIpc) is 2.31. The maximum Gasteiger partial charge on any atom is 0.344 e. The van der Waals surface area contributed by atoms with Gasteiger partial charge in [-0.15, -0.1) is 0 Å². The molecule has 0 aliphatic rings. The number of carbonyl (C=O) groups excluding carboxylic acids is 1. The number of fused-ring (bicyclic) bond motifs is 1. The van der Waals surface area contributed by atoms with E-state index in [4.69, 9.17) is 28.6 Å². The topological polar surface area (TPSA) is 62.3 Å². The van der Waals surface area contributed by atoms with Crippen molar-refractivity contribution in [1.29, 1.82) is 0 Å². The molecule has 1 aromatic carbocycles. The summed E-state index contributed by atoms with van der Waals surface area (Å²) in [5.74, 6) is -0.868. The number of halogens is 1. The first-order chi connectivity index (χ1) is 8.56. The van der Waals surface area contributed by atoms with Gasteiger partial charge in [0.1, 0.15) is 16.0 Å². The van der Waals surface area contributed by atoms with Gasteiger partial charge in [-0.2, -0.15) is 0 Å². The molecule has 0 aliphatic carbocycles. The van der Waals surface area contributed by atoms with Gasteiger partial charge in [-0.3, -0.25) is 0 Å². The van der Waals surface area contributed by atoms with Gasteiger partial charge in [0.15, 0.2) is 0 Å². The van der Waals surface area contributed by atoms with Gasteiger partial charge < -0.3 is 14.8 Å². The summed E-state index contributed by atoms with van der Waals surface area (Å²) in [5, 5.41) is 11.0. The van der Waals surface area contributed by atoms with Crippen molar-refractivity contribution in [2.75, 3.05) is 6.61 Å². The van der Waals surface area contributed by atoms with E-state index in [1.54, 1.807) is 25.1 Å². The molecule has 2 N–H and O–H groups in total. The zero-order valence-corrected chi connectivity index (χ0v) is 11.1. The minimum absolute atomic E-state index is 0.0402. The van der Waals surface area contributed by atoms with Crippen LogP contribution in [0.5, 0.6) is 5.75 Å². The molecule has 0 fully saturated rings. The number of hydrogen-bond acceptors (Lipinski definition) is 4. The predicted octanol–water partition coefficient (Wildman–Crippen LogP) is 3.43. The fourth-order valence-electron chi connectivity index (χ4n) is 1.66. The molecule has 2 rings (SSSR count). The summed E-state index contributed by atoms with van der Waals surface area (Å²) in [7, 11) is 0. The quantitative estimate of drug-likeness (QED) is 0.655.